The molecule has 6 heteroatoms. The van der Waals surface area contributed by atoms with Crippen molar-refractivity contribution in [3.63, 3.8) is 0 Å². The third-order valence-corrected chi connectivity index (χ3v) is 1.88. The van der Waals surface area contributed by atoms with Gasteiger partial charge < -0.3 is 20.9 Å². The van der Waals surface area contributed by atoms with Gasteiger partial charge in [-0.15, -0.1) is 5.10 Å². The van der Waals surface area contributed by atoms with Crippen molar-refractivity contribution in [1.29, 1.82) is 0 Å². The smallest absolute Gasteiger partial charge is 0.211 e. The molecule has 0 bridgehead atoms. The van der Waals surface area contributed by atoms with E-state index in [-0.39, 0.29) is 5.96 Å². The second-order valence-electron chi connectivity index (χ2n) is 3.08. The van der Waals surface area contributed by atoms with Crippen LogP contribution in [0.25, 0.3) is 0 Å². The summed E-state index contributed by atoms with van der Waals surface area (Å²) < 4.78 is 10.7. The van der Waals surface area contributed by atoms with E-state index >= 15 is 0 Å². The molecular formula is C11H16N4O2. The maximum absolute atomic E-state index is 5.42. The first-order chi connectivity index (χ1) is 8.19. The first-order valence-corrected chi connectivity index (χ1v) is 5.10. The largest absolute Gasteiger partial charge is 0.492 e. The topological polar surface area (TPSA) is 95.2 Å². The van der Waals surface area contributed by atoms with Gasteiger partial charge in [-0.1, -0.05) is 6.07 Å². The zero-order valence-corrected chi connectivity index (χ0v) is 9.88. The van der Waals surface area contributed by atoms with Gasteiger partial charge in [0.15, 0.2) is 11.5 Å². The predicted octanol–water partition coefficient (Wildman–Crippen LogP) is 0.701. The fourth-order valence-corrected chi connectivity index (χ4v) is 1.28. The summed E-state index contributed by atoms with van der Waals surface area (Å²) in [5, 5.41) is 7.24. The van der Waals surface area contributed by atoms with Gasteiger partial charge in [-0.05, 0) is 19.1 Å². The Balaban J connectivity index is 3.02. The first-order valence-electron chi connectivity index (χ1n) is 5.10. The van der Waals surface area contributed by atoms with E-state index in [1.54, 1.807) is 7.11 Å². The highest BCUT2D eigenvalue weighted by molar-refractivity contribution is 5.86. The number of guanidine groups is 1. The number of hydrogen-bond donors (Lipinski definition) is 2. The molecule has 0 radical (unpaired) electrons. The molecule has 0 saturated heterocycles. The van der Waals surface area contributed by atoms with Gasteiger partial charge in [0.1, 0.15) is 0 Å². The summed E-state index contributed by atoms with van der Waals surface area (Å²) in [6.07, 6.45) is 1.50. The molecule has 6 nitrogen and oxygen atoms in total. The molecule has 0 amide bonds. The lowest BCUT2D eigenvalue weighted by Crippen LogP contribution is -2.21. The second-order valence-corrected chi connectivity index (χ2v) is 3.08. The van der Waals surface area contributed by atoms with Gasteiger partial charge in [-0.3, -0.25) is 0 Å². The van der Waals surface area contributed by atoms with Crippen molar-refractivity contribution < 1.29 is 9.47 Å². The third kappa shape index (κ3) is 3.67. The molecule has 17 heavy (non-hydrogen) atoms. The van der Waals surface area contributed by atoms with E-state index in [2.05, 4.69) is 10.2 Å². The first kappa shape index (κ1) is 12.8. The van der Waals surface area contributed by atoms with Gasteiger partial charge in [0, 0.05) is 5.56 Å². The predicted molar refractivity (Wildman–Crippen MR) is 67.6 cm³/mol. The van der Waals surface area contributed by atoms with Crippen LogP contribution in [0.15, 0.2) is 28.4 Å². The van der Waals surface area contributed by atoms with Crippen molar-refractivity contribution in [2.24, 2.45) is 21.7 Å². The normalized spacial score (nSPS) is 10.2. The average Bonchev–Trinajstić information content (AvgIpc) is 2.29. The van der Waals surface area contributed by atoms with Crippen LogP contribution in [0, 0.1) is 0 Å². The van der Waals surface area contributed by atoms with E-state index in [1.165, 1.54) is 6.21 Å². The standard InChI is InChI=1S/C11H16N4O2/c1-3-17-9-6-4-5-8(10(9)16-2)7-14-15-11(12)13/h4-7H,3H2,1-2H3,(H4,12,13,15)/b14-7-. The highest BCUT2D eigenvalue weighted by Gasteiger charge is 2.07. The number of nitrogens with two attached hydrogens (primary N) is 2. The number of benzene rings is 1. The molecule has 92 valence electrons. The van der Waals surface area contributed by atoms with Gasteiger partial charge in [-0.2, -0.15) is 5.10 Å². The van der Waals surface area contributed by atoms with Crippen LogP contribution in [0.5, 0.6) is 11.5 Å². The Kier molecular flexibility index (Phi) is 4.80. The number of para-hydroxylation sites is 1. The van der Waals surface area contributed by atoms with E-state index in [0.29, 0.717) is 18.1 Å². The van der Waals surface area contributed by atoms with Crippen molar-refractivity contribution in [2.75, 3.05) is 13.7 Å². The SMILES string of the molecule is CCOc1cccc(/C=N\N=C(N)N)c1OC. The number of rotatable bonds is 5. The summed E-state index contributed by atoms with van der Waals surface area (Å²) in [6, 6.07) is 5.48. The zero-order chi connectivity index (χ0) is 12.7. The van der Waals surface area contributed by atoms with Crippen LogP contribution in [-0.2, 0) is 0 Å². The highest BCUT2D eigenvalue weighted by atomic mass is 16.5. The molecule has 0 atom stereocenters. The summed E-state index contributed by atoms with van der Waals surface area (Å²) in [5.74, 6) is 1.16. The zero-order valence-electron chi connectivity index (χ0n) is 9.88. The summed E-state index contributed by atoms with van der Waals surface area (Å²) in [7, 11) is 1.57. The van der Waals surface area contributed by atoms with Crippen molar-refractivity contribution in [3.05, 3.63) is 23.8 Å². The van der Waals surface area contributed by atoms with Gasteiger partial charge >= 0.3 is 0 Å². The fourth-order valence-electron chi connectivity index (χ4n) is 1.28. The average molecular weight is 236 g/mol. The second kappa shape index (κ2) is 6.37. The molecule has 1 aromatic carbocycles. The lowest BCUT2D eigenvalue weighted by molar-refractivity contribution is 0.310. The molecule has 0 aliphatic rings. The van der Waals surface area contributed by atoms with Crippen molar-refractivity contribution in [2.45, 2.75) is 6.92 Å². The highest BCUT2D eigenvalue weighted by Crippen LogP contribution is 2.29. The Labute approximate surface area is 99.9 Å². The minimum atomic E-state index is -0.0961. The van der Waals surface area contributed by atoms with E-state index in [1.807, 2.05) is 25.1 Å². The van der Waals surface area contributed by atoms with Gasteiger partial charge in [0.05, 0.1) is 19.9 Å². The molecular weight excluding hydrogens is 220 g/mol. The lowest BCUT2D eigenvalue weighted by Gasteiger charge is -2.10. The molecule has 1 rings (SSSR count). The van der Waals surface area contributed by atoms with Crippen LogP contribution in [0.4, 0.5) is 0 Å². The summed E-state index contributed by atoms with van der Waals surface area (Å²) >= 11 is 0. The van der Waals surface area contributed by atoms with E-state index in [0.717, 1.165) is 5.56 Å². The number of hydrogen-bond acceptors (Lipinski definition) is 4. The van der Waals surface area contributed by atoms with Crippen LogP contribution in [-0.4, -0.2) is 25.9 Å². The van der Waals surface area contributed by atoms with E-state index in [9.17, 15) is 0 Å². The fraction of sp³-hybridized carbons (Fsp3) is 0.273. The van der Waals surface area contributed by atoms with Gasteiger partial charge in [0.2, 0.25) is 5.96 Å². The molecule has 0 fully saturated rings. The number of nitrogens with zero attached hydrogens (tertiary/aromatic N) is 2. The lowest BCUT2D eigenvalue weighted by atomic mass is 10.2. The summed E-state index contributed by atoms with van der Waals surface area (Å²) in [6.45, 7) is 2.46. The maximum atomic E-state index is 5.42. The van der Waals surface area contributed by atoms with Crippen molar-refractivity contribution >= 4 is 12.2 Å². The number of ether oxygens (including phenoxy) is 2. The minimum Gasteiger partial charge on any atom is -0.492 e. The van der Waals surface area contributed by atoms with Crippen LogP contribution in [0.2, 0.25) is 0 Å². The quantitative estimate of drug-likeness (QED) is 0.447. The summed E-state index contributed by atoms with van der Waals surface area (Å²) in [5.41, 5.74) is 11.1. The monoisotopic (exact) mass is 236 g/mol. The molecule has 4 N–H and O–H groups in total. The van der Waals surface area contributed by atoms with E-state index in [4.69, 9.17) is 20.9 Å². The molecule has 1 aromatic rings. The molecule has 0 aromatic heterocycles. The Morgan fingerprint density at radius 1 is 1.41 bits per heavy atom. The van der Waals surface area contributed by atoms with Crippen molar-refractivity contribution in [3.8, 4) is 11.5 Å². The Bertz CT molecular complexity index is 425. The molecule has 0 saturated carbocycles. The third-order valence-electron chi connectivity index (χ3n) is 1.88. The molecule has 0 aliphatic heterocycles. The van der Waals surface area contributed by atoms with Crippen LogP contribution >= 0.6 is 0 Å². The van der Waals surface area contributed by atoms with Crippen LogP contribution < -0.4 is 20.9 Å². The van der Waals surface area contributed by atoms with Crippen LogP contribution in [0.3, 0.4) is 0 Å². The Morgan fingerprint density at radius 3 is 2.76 bits per heavy atom. The maximum Gasteiger partial charge on any atom is 0.211 e. The van der Waals surface area contributed by atoms with Crippen LogP contribution in [0.1, 0.15) is 12.5 Å². The van der Waals surface area contributed by atoms with Gasteiger partial charge in [0.25, 0.3) is 0 Å². The molecule has 0 heterocycles. The molecule has 0 aliphatic carbocycles. The van der Waals surface area contributed by atoms with Gasteiger partial charge in [-0.25, -0.2) is 0 Å². The number of methoxy groups -OCH3 is 1. The minimum absolute atomic E-state index is 0.0961. The van der Waals surface area contributed by atoms with E-state index < -0.39 is 0 Å². The Morgan fingerprint density at radius 2 is 2.18 bits per heavy atom. The Hall–Kier alpha value is -2.24. The molecule has 0 spiro atoms. The molecule has 0 unspecified atom stereocenters. The summed E-state index contributed by atoms with van der Waals surface area (Å²) in [4.78, 5) is 0. The van der Waals surface area contributed by atoms with Crippen molar-refractivity contribution in [1.82, 2.24) is 0 Å².